The van der Waals surface area contributed by atoms with E-state index in [0.717, 1.165) is 23.6 Å². The normalized spacial score (nSPS) is 11.8. The maximum atomic E-state index is 6.07. The predicted molar refractivity (Wildman–Crippen MR) is 76.4 cm³/mol. The number of nitrogens with two attached hydrogens (primary N) is 1. The zero-order valence-electron chi connectivity index (χ0n) is 11.6. The van der Waals surface area contributed by atoms with Gasteiger partial charge in [0, 0.05) is 12.1 Å². The van der Waals surface area contributed by atoms with Gasteiger partial charge in [-0.3, -0.25) is 0 Å². The van der Waals surface area contributed by atoms with Gasteiger partial charge in [-0.25, -0.2) is 4.98 Å². The first kappa shape index (κ1) is 12.7. The van der Waals surface area contributed by atoms with Gasteiger partial charge in [0.25, 0.3) is 0 Å². The topological polar surface area (TPSA) is 43.8 Å². The van der Waals surface area contributed by atoms with Crippen LogP contribution in [0.5, 0.6) is 0 Å². The summed E-state index contributed by atoms with van der Waals surface area (Å²) in [6.45, 7) is 9.54. The van der Waals surface area contributed by atoms with Crippen LogP contribution in [-0.4, -0.2) is 9.55 Å². The highest BCUT2D eigenvalue weighted by molar-refractivity contribution is 5.70. The number of benzene rings is 1. The second kappa shape index (κ2) is 4.48. The first-order valence-electron chi connectivity index (χ1n) is 6.35. The molecule has 0 bridgehead atoms. The molecule has 1 heterocycles. The van der Waals surface area contributed by atoms with E-state index in [9.17, 15) is 0 Å². The monoisotopic (exact) mass is 243 g/mol. The van der Waals surface area contributed by atoms with Gasteiger partial charge < -0.3 is 10.3 Å². The molecule has 3 heteroatoms. The molecule has 2 aromatic rings. The quantitative estimate of drug-likeness (QED) is 0.878. The average molecular weight is 243 g/mol. The molecule has 0 aliphatic carbocycles. The van der Waals surface area contributed by atoms with Gasteiger partial charge in [0.05, 0.1) is 6.33 Å². The molecule has 1 aromatic carbocycles. The number of imidazole rings is 1. The molecule has 0 saturated carbocycles. The van der Waals surface area contributed by atoms with E-state index in [1.165, 1.54) is 5.56 Å². The van der Waals surface area contributed by atoms with E-state index in [1.54, 1.807) is 6.33 Å². The predicted octanol–water partition coefficient (Wildman–Crippen LogP) is 3.45. The van der Waals surface area contributed by atoms with Crippen LogP contribution in [0, 0.1) is 0 Å². The van der Waals surface area contributed by atoms with E-state index in [1.807, 2.05) is 4.57 Å². The number of aromatic nitrogens is 2. The Morgan fingerprint density at radius 2 is 1.78 bits per heavy atom. The van der Waals surface area contributed by atoms with Crippen LogP contribution in [-0.2, 0) is 12.0 Å². The van der Waals surface area contributed by atoms with Crippen molar-refractivity contribution in [1.29, 1.82) is 0 Å². The highest BCUT2D eigenvalue weighted by atomic mass is 15.1. The first-order valence-corrected chi connectivity index (χ1v) is 6.35. The summed E-state index contributed by atoms with van der Waals surface area (Å²) in [7, 11) is 0. The third kappa shape index (κ3) is 2.26. The summed E-state index contributed by atoms with van der Waals surface area (Å²) < 4.78 is 1.95. The lowest BCUT2D eigenvalue weighted by atomic mass is 9.86. The van der Waals surface area contributed by atoms with Crippen LogP contribution in [0.15, 0.2) is 30.6 Å². The van der Waals surface area contributed by atoms with Crippen molar-refractivity contribution in [3.05, 3.63) is 36.2 Å². The third-order valence-electron chi connectivity index (χ3n) is 3.24. The van der Waals surface area contributed by atoms with E-state index >= 15 is 0 Å². The minimum absolute atomic E-state index is 0.173. The van der Waals surface area contributed by atoms with Gasteiger partial charge in [-0.1, -0.05) is 45.0 Å². The molecule has 2 N–H and O–H groups in total. The molecule has 18 heavy (non-hydrogen) atoms. The van der Waals surface area contributed by atoms with Gasteiger partial charge in [0.1, 0.15) is 11.5 Å². The number of aryl methyl sites for hydroxylation is 1. The summed E-state index contributed by atoms with van der Waals surface area (Å²) in [6.07, 6.45) is 1.79. The zero-order chi connectivity index (χ0) is 13.3. The minimum Gasteiger partial charge on any atom is -0.383 e. The Labute approximate surface area is 109 Å². The van der Waals surface area contributed by atoms with Crippen LogP contribution in [0.2, 0.25) is 0 Å². The molecule has 0 amide bonds. The van der Waals surface area contributed by atoms with Crippen LogP contribution in [0.4, 0.5) is 5.82 Å². The summed E-state index contributed by atoms with van der Waals surface area (Å²) in [6, 6.07) is 8.50. The molecule has 0 atom stereocenters. The summed E-state index contributed by atoms with van der Waals surface area (Å²) in [5.41, 5.74) is 9.51. The van der Waals surface area contributed by atoms with Gasteiger partial charge in [0.15, 0.2) is 0 Å². The molecule has 2 rings (SSSR count). The number of rotatable bonds is 2. The Bertz CT molecular complexity index is 530. The second-order valence-corrected chi connectivity index (χ2v) is 5.59. The standard InChI is InChI=1S/C15H21N3/c1-5-18-10-17-13(14(18)16)11-6-8-12(9-7-11)15(2,3)4/h6-10H,5,16H2,1-4H3. The zero-order valence-corrected chi connectivity index (χ0v) is 11.6. The highest BCUT2D eigenvalue weighted by Crippen LogP contribution is 2.28. The van der Waals surface area contributed by atoms with Gasteiger partial charge >= 0.3 is 0 Å². The molecule has 0 spiro atoms. The Morgan fingerprint density at radius 1 is 1.17 bits per heavy atom. The van der Waals surface area contributed by atoms with E-state index in [4.69, 9.17) is 5.73 Å². The fraction of sp³-hybridized carbons (Fsp3) is 0.400. The average Bonchev–Trinajstić information content (AvgIpc) is 2.69. The highest BCUT2D eigenvalue weighted by Gasteiger charge is 2.14. The maximum Gasteiger partial charge on any atom is 0.131 e. The van der Waals surface area contributed by atoms with E-state index in [2.05, 4.69) is 56.9 Å². The Balaban J connectivity index is 2.37. The van der Waals surface area contributed by atoms with Crippen molar-refractivity contribution in [3.8, 4) is 11.3 Å². The van der Waals surface area contributed by atoms with Crippen LogP contribution in [0.25, 0.3) is 11.3 Å². The van der Waals surface area contributed by atoms with Gasteiger partial charge in [-0.2, -0.15) is 0 Å². The van der Waals surface area contributed by atoms with E-state index in [-0.39, 0.29) is 5.41 Å². The molecule has 0 unspecified atom stereocenters. The van der Waals surface area contributed by atoms with Crippen molar-refractivity contribution in [1.82, 2.24) is 9.55 Å². The molecule has 96 valence electrons. The van der Waals surface area contributed by atoms with Crippen LogP contribution < -0.4 is 5.73 Å². The molecule has 0 saturated heterocycles. The SMILES string of the molecule is CCn1cnc(-c2ccc(C(C)(C)C)cc2)c1N. The number of hydrogen-bond donors (Lipinski definition) is 1. The molecule has 0 aliphatic heterocycles. The van der Waals surface area contributed by atoms with Crippen molar-refractivity contribution in [2.45, 2.75) is 39.7 Å². The lowest BCUT2D eigenvalue weighted by Gasteiger charge is -2.19. The van der Waals surface area contributed by atoms with Crippen LogP contribution >= 0.6 is 0 Å². The van der Waals surface area contributed by atoms with E-state index < -0.39 is 0 Å². The minimum atomic E-state index is 0.173. The van der Waals surface area contributed by atoms with Crippen molar-refractivity contribution in [2.75, 3.05) is 5.73 Å². The summed E-state index contributed by atoms with van der Waals surface area (Å²) in [4.78, 5) is 4.39. The lowest BCUT2D eigenvalue weighted by Crippen LogP contribution is -2.10. The lowest BCUT2D eigenvalue weighted by molar-refractivity contribution is 0.590. The molecule has 1 aromatic heterocycles. The first-order chi connectivity index (χ1) is 8.43. The van der Waals surface area contributed by atoms with Crippen molar-refractivity contribution >= 4 is 5.82 Å². The van der Waals surface area contributed by atoms with Crippen LogP contribution in [0.3, 0.4) is 0 Å². The second-order valence-electron chi connectivity index (χ2n) is 5.59. The third-order valence-corrected chi connectivity index (χ3v) is 3.24. The fourth-order valence-electron chi connectivity index (χ4n) is 1.99. The van der Waals surface area contributed by atoms with Gasteiger partial charge in [-0.15, -0.1) is 0 Å². The fourth-order valence-corrected chi connectivity index (χ4v) is 1.99. The largest absolute Gasteiger partial charge is 0.383 e. The van der Waals surface area contributed by atoms with Crippen LogP contribution in [0.1, 0.15) is 33.3 Å². The summed E-state index contributed by atoms with van der Waals surface area (Å²) in [5, 5.41) is 0. The molecular formula is C15H21N3. The summed E-state index contributed by atoms with van der Waals surface area (Å²) in [5.74, 6) is 0.737. The molecule has 0 radical (unpaired) electrons. The Morgan fingerprint density at radius 3 is 2.22 bits per heavy atom. The number of nitrogens with zero attached hydrogens (tertiary/aromatic N) is 2. The number of nitrogen functional groups attached to an aromatic ring is 1. The molecule has 0 fully saturated rings. The number of anilines is 1. The Kier molecular flexibility index (Phi) is 3.16. The smallest absolute Gasteiger partial charge is 0.131 e. The summed E-state index contributed by atoms with van der Waals surface area (Å²) >= 11 is 0. The maximum absolute atomic E-state index is 6.07. The van der Waals surface area contributed by atoms with Gasteiger partial charge in [-0.05, 0) is 17.9 Å². The molecular weight excluding hydrogens is 222 g/mol. The van der Waals surface area contributed by atoms with Gasteiger partial charge in [0.2, 0.25) is 0 Å². The molecule has 0 aliphatic rings. The number of hydrogen-bond acceptors (Lipinski definition) is 2. The van der Waals surface area contributed by atoms with Crippen molar-refractivity contribution in [2.24, 2.45) is 0 Å². The Hall–Kier alpha value is -1.77. The van der Waals surface area contributed by atoms with E-state index in [0.29, 0.717) is 0 Å². The van der Waals surface area contributed by atoms with Crippen molar-refractivity contribution in [3.63, 3.8) is 0 Å². The molecule has 3 nitrogen and oxygen atoms in total. The van der Waals surface area contributed by atoms with Crippen molar-refractivity contribution < 1.29 is 0 Å².